The molecule has 0 saturated heterocycles. The minimum atomic E-state index is -0.463. The van der Waals surface area contributed by atoms with Gasteiger partial charge < -0.3 is 10.1 Å². The molecular formula is C17H31NO3S. The summed E-state index contributed by atoms with van der Waals surface area (Å²) in [7, 11) is 0. The minimum Gasteiger partial charge on any atom is -0.444 e. The van der Waals surface area contributed by atoms with Crippen LogP contribution in [0, 0.1) is 0 Å². The number of Topliss-reactive ketones (excluding diaryl/α,β-unsaturated/α-hetero) is 1. The summed E-state index contributed by atoms with van der Waals surface area (Å²) in [6, 6.07) is 0. The maximum atomic E-state index is 11.5. The smallest absolute Gasteiger partial charge is 0.407 e. The molecule has 0 bridgehead atoms. The normalized spacial score (nSPS) is 13.6. The molecule has 22 heavy (non-hydrogen) atoms. The lowest BCUT2D eigenvalue weighted by Gasteiger charge is -2.19. The van der Waals surface area contributed by atoms with Crippen LogP contribution in [0.3, 0.4) is 0 Å². The third-order valence-electron chi connectivity index (χ3n) is 2.67. The van der Waals surface area contributed by atoms with E-state index in [4.69, 9.17) is 4.74 Å². The summed E-state index contributed by atoms with van der Waals surface area (Å²) in [6.45, 7) is 12.0. The van der Waals surface area contributed by atoms with Crippen LogP contribution in [-0.2, 0) is 9.53 Å². The molecule has 4 nitrogen and oxygen atoms in total. The average molecular weight is 330 g/mol. The zero-order valence-electron chi connectivity index (χ0n) is 14.8. The van der Waals surface area contributed by atoms with E-state index in [1.165, 1.54) is 5.57 Å². The van der Waals surface area contributed by atoms with Crippen LogP contribution in [-0.4, -0.2) is 35.0 Å². The molecule has 1 N–H and O–H groups in total. The van der Waals surface area contributed by atoms with Crippen molar-refractivity contribution in [1.82, 2.24) is 5.32 Å². The lowest BCUT2D eigenvalue weighted by atomic mass is 10.0. The van der Waals surface area contributed by atoms with Crippen molar-refractivity contribution in [1.29, 1.82) is 0 Å². The number of carbonyl (C=O) groups is 2. The molecule has 1 atom stereocenters. The van der Waals surface area contributed by atoms with Gasteiger partial charge in [0.25, 0.3) is 0 Å². The zero-order valence-corrected chi connectivity index (χ0v) is 15.6. The van der Waals surface area contributed by atoms with Crippen LogP contribution in [0.15, 0.2) is 11.6 Å². The number of nitrogens with one attached hydrogen (secondary N) is 1. The van der Waals surface area contributed by atoms with E-state index < -0.39 is 5.60 Å². The monoisotopic (exact) mass is 329 g/mol. The Morgan fingerprint density at radius 1 is 1.32 bits per heavy atom. The van der Waals surface area contributed by atoms with Gasteiger partial charge in [-0.15, -0.1) is 0 Å². The second kappa shape index (κ2) is 10.7. The molecule has 0 aliphatic heterocycles. The topological polar surface area (TPSA) is 55.4 Å². The van der Waals surface area contributed by atoms with Crippen LogP contribution < -0.4 is 5.32 Å². The SMILES string of the molecule is CCC/C(=C\C(C)SCCNC(=O)OC(C)(C)C)CC(C)=O. The maximum Gasteiger partial charge on any atom is 0.407 e. The van der Waals surface area contributed by atoms with E-state index in [9.17, 15) is 9.59 Å². The van der Waals surface area contributed by atoms with Crippen molar-refractivity contribution in [2.75, 3.05) is 12.3 Å². The molecule has 0 saturated carbocycles. The van der Waals surface area contributed by atoms with E-state index in [-0.39, 0.29) is 11.9 Å². The molecule has 0 radical (unpaired) electrons. The second-order valence-electron chi connectivity index (χ2n) is 6.46. The van der Waals surface area contributed by atoms with Gasteiger partial charge in [-0.2, -0.15) is 11.8 Å². The van der Waals surface area contributed by atoms with Crippen molar-refractivity contribution in [3.8, 4) is 0 Å². The molecule has 0 rings (SSSR count). The van der Waals surface area contributed by atoms with Crippen LogP contribution in [0.1, 0.15) is 60.8 Å². The highest BCUT2D eigenvalue weighted by molar-refractivity contribution is 8.00. The summed E-state index contributed by atoms with van der Waals surface area (Å²) >= 11 is 1.76. The molecule has 0 aliphatic rings. The molecule has 0 aromatic heterocycles. The van der Waals surface area contributed by atoms with Gasteiger partial charge in [0.15, 0.2) is 0 Å². The molecule has 128 valence electrons. The number of hydrogen-bond acceptors (Lipinski definition) is 4. The van der Waals surface area contributed by atoms with Crippen LogP contribution >= 0.6 is 11.8 Å². The van der Waals surface area contributed by atoms with Crippen molar-refractivity contribution >= 4 is 23.6 Å². The molecule has 1 amide bonds. The summed E-state index contributed by atoms with van der Waals surface area (Å²) in [6.07, 6.45) is 4.38. The fourth-order valence-corrected chi connectivity index (χ4v) is 2.84. The highest BCUT2D eigenvalue weighted by atomic mass is 32.2. The molecule has 0 heterocycles. The van der Waals surface area contributed by atoms with Crippen molar-refractivity contribution in [2.45, 2.75) is 71.7 Å². The summed E-state index contributed by atoms with van der Waals surface area (Å²) in [4.78, 5) is 22.7. The number of hydrogen-bond donors (Lipinski definition) is 1. The van der Waals surface area contributed by atoms with Gasteiger partial charge in [0.1, 0.15) is 11.4 Å². The predicted molar refractivity (Wildman–Crippen MR) is 94.4 cm³/mol. The van der Waals surface area contributed by atoms with Crippen LogP contribution in [0.4, 0.5) is 4.79 Å². The van der Waals surface area contributed by atoms with Crippen molar-refractivity contribution < 1.29 is 14.3 Å². The Kier molecular flexibility index (Phi) is 10.2. The van der Waals surface area contributed by atoms with Gasteiger partial charge in [0.05, 0.1) is 0 Å². The highest BCUT2D eigenvalue weighted by Gasteiger charge is 2.15. The molecule has 0 aromatic carbocycles. The number of rotatable bonds is 9. The minimum absolute atomic E-state index is 0.212. The fourth-order valence-electron chi connectivity index (χ4n) is 1.96. The van der Waals surface area contributed by atoms with Gasteiger partial charge >= 0.3 is 6.09 Å². The number of carbonyl (C=O) groups excluding carboxylic acids is 2. The first kappa shape index (κ1) is 21.0. The van der Waals surface area contributed by atoms with Crippen LogP contribution in [0.5, 0.6) is 0 Å². The maximum absolute atomic E-state index is 11.5. The van der Waals surface area contributed by atoms with Gasteiger partial charge in [0, 0.05) is 24.0 Å². The Hall–Kier alpha value is -0.970. The van der Waals surface area contributed by atoms with Crippen LogP contribution in [0.2, 0.25) is 0 Å². The van der Waals surface area contributed by atoms with Gasteiger partial charge in [0.2, 0.25) is 0 Å². The van der Waals surface area contributed by atoms with Gasteiger partial charge in [-0.05, 0) is 41.0 Å². The quantitative estimate of drug-likeness (QED) is 0.505. The van der Waals surface area contributed by atoms with Gasteiger partial charge in [-0.3, -0.25) is 4.79 Å². The van der Waals surface area contributed by atoms with E-state index in [1.807, 2.05) is 20.8 Å². The summed E-state index contributed by atoms with van der Waals surface area (Å²) < 4.78 is 5.18. The Morgan fingerprint density at radius 3 is 2.45 bits per heavy atom. The third kappa shape index (κ3) is 12.7. The number of alkyl carbamates (subject to hydrolysis) is 1. The summed E-state index contributed by atoms with van der Waals surface area (Å²) in [5, 5.41) is 3.08. The number of ketones is 1. The summed E-state index contributed by atoms with van der Waals surface area (Å²) in [5.41, 5.74) is 0.754. The average Bonchev–Trinajstić information content (AvgIpc) is 2.32. The highest BCUT2D eigenvalue weighted by Crippen LogP contribution is 2.18. The van der Waals surface area contributed by atoms with Crippen molar-refractivity contribution in [3.05, 3.63) is 11.6 Å². The van der Waals surface area contributed by atoms with E-state index in [1.54, 1.807) is 18.7 Å². The van der Waals surface area contributed by atoms with Crippen LogP contribution in [0.25, 0.3) is 0 Å². The van der Waals surface area contributed by atoms with E-state index in [2.05, 4.69) is 25.2 Å². The first-order valence-electron chi connectivity index (χ1n) is 7.91. The first-order valence-corrected chi connectivity index (χ1v) is 8.96. The molecule has 0 spiro atoms. The van der Waals surface area contributed by atoms with E-state index >= 15 is 0 Å². The van der Waals surface area contributed by atoms with E-state index in [0.717, 1.165) is 18.6 Å². The first-order chi connectivity index (χ1) is 10.1. The largest absolute Gasteiger partial charge is 0.444 e. The molecule has 0 aliphatic carbocycles. The van der Waals surface area contributed by atoms with E-state index in [0.29, 0.717) is 18.2 Å². The van der Waals surface area contributed by atoms with Crippen molar-refractivity contribution in [3.63, 3.8) is 0 Å². The summed E-state index contributed by atoms with van der Waals surface area (Å²) in [5.74, 6) is 1.03. The molecule has 1 unspecified atom stereocenters. The Bertz CT molecular complexity index is 386. The number of allylic oxidation sites excluding steroid dienone is 1. The van der Waals surface area contributed by atoms with Gasteiger partial charge in [-0.1, -0.05) is 25.0 Å². The van der Waals surface area contributed by atoms with Gasteiger partial charge in [-0.25, -0.2) is 4.79 Å². The Labute approximate surface area is 139 Å². The number of thioether (sulfide) groups is 1. The fraction of sp³-hybridized carbons (Fsp3) is 0.765. The Balaban J connectivity index is 4.08. The Morgan fingerprint density at radius 2 is 1.95 bits per heavy atom. The van der Waals surface area contributed by atoms with Crippen molar-refractivity contribution in [2.24, 2.45) is 0 Å². The third-order valence-corrected chi connectivity index (χ3v) is 3.77. The second-order valence-corrected chi connectivity index (χ2v) is 7.94. The lowest BCUT2D eigenvalue weighted by Crippen LogP contribution is -2.33. The number of amides is 1. The standard InChI is InChI=1S/C17H31NO3S/c1-7-8-15(11-13(2)19)12-14(3)22-10-9-18-16(20)21-17(4,5)6/h12,14H,7-11H2,1-6H3,(H,18,20)/b15-12+. The molecular weight excluding hydrogens is 298 g/mol. The molecule has 0 fully saturated rings. The molecule has 0 aromatic rings. The predicted octanol–water partition coefficient (Wildman–Crippen LogP) is 4.34. The lowest BCUT2D eigenvalue weighted by molar-refractivity contribution is -0.116. The zero-order chi connectivity index (χ0) is 17.2. The number of ether oxygens (including phenoxy) is 1. The molecule has 5 heteroatoms.